The minimum atomic E-state index is 0.447. The third kappa shape index (κ3) is 3.39. The molecule has 118 valence electrons. The molecule has 1 saturated carbocycles. The van der Waals surface area contributed by atoms with Gasteiger partial charge in [-0.1, -0.05) is 27.7 Å². The number of rotatable bonds is 2. The predicted octanol–water partition coefficient (Wildman–Crippen LogP) is 3.90. The van der Waals surface area contributed by atoms with Crippen molar-refractivity contribution in [3.8, 4) is 0 Å². The van der Waals surface area contributed by atoms with Crippen LogP contribution in [0.2, 0.25) is 0 Å². The lowest BCUT2D eigenvalue weighted by atomic mass is 9.67. The van der Waals surface area contributed by atoms with Crippen LogP contribution in [0.4, 0.5) is 0 Å². The summed E-state index contributed by atoms with van der Waals surface area (Å²) in [6, 6.07) is 1.47. The van der Waals surface area contributed by atoms with Crippen LogP contribution < -0.4 is 5.73 Å². The first kappa shape index (κ1) is 16.3. The van der Waals surface area contributed by atoms with Gasteiger partial charge in [0.25, 0.3) is 0 Å². The molecular formula is C18H36N2. The Kier molecular flexibility index (Phi) is 5.18. The van der Waals surface area contributed by atoms with Gasteiger partial charge in [-0.15, -0.1) is 0 Å². The predicted molar refractivity (Wildman–Crippen MR) is 87.7 cm³/mol. The van der Waals surface area contributed by atoms with E-state index in [4.69, 9.17) is 5.73 Å². The molecule has 0 aromatic carbocycles. The zero-order valence-electron chi connectivity index (χ0n) is 14.4. The number of nitrogens with zero attached hydrogens (tertiary/aromatic N) is 1. The molecule has 2 aliphatic rings. The second-order valence-corrected chi connectivity index (χ2v) is 8.54. The van der Waals surface area contributed by atoms with Gasteiger partial charge in [-0.3, -0.25) is 4.90 Å². The van der Waals surface area contributed by atoms with E-state index in [-0.39, 0.29) is 0 Å². The summed E-state index contributed by atoms with van der Waals surface area (Å²) in [4.78, 5) is 2.82. The van der Waals surface area contributed by atoms with E-state index in [1.165, 1.54) is 38.6 Å². The first-order valence-corrected chi connectivity index (χ1v) is 8.80. The lowest BCUT2D eigenvalue weighted by molar-refractivity contribution is -0.00718. The van der Waals surface area contributed by atoms with Crippen LogP contribution in [0.1, 0.15) is 66.7 Å². The zero-order chi connectivity index (χ0) is 14.9. The van der Waals surface area contributed by atoms with Gasteiger partial charge < -0.3 is 5.73 Å². The second kappa shape index (κ2) is 6.36. The Morgan fingerprint density at radius 2 is 1.80 bits per heavy atom. The molecule has 20 heavy (non-hydrogen) atoms. The topological polar surface area (TPSA) is 29.3 Å². The zero-order valence-corrected chi connectivity index (χ0v) is 14.4. The van der Waals surface area contributed by atoms with Crippen molar-refractivity contribution in [3.63, 3.8) is 0 Å². The molecule has 1 heterocycles. The van der Waals surface area contributed by atoms with Crippen LogP contribution >= 0.6 is 0 Å². The molecule has 1 saturated heterocycles. The molecule has 0 bridgehead atoms. The van der Waals surface area contributed by atoms with E-state index in [1.54, 1.807) is 0 Å². The third-order valence-corrected chi connectivity index (χ3v) is 6.33. The lowest BCUT2D eigenvalue weighted by Crippen LogP contribution is -2.55. The fourth-order valence-electron chi connectivity index (χ4n) is 4.51. The first-order valence-electron chi connectivity index (χ1n) is 8.80. The molecule has 2 fully saturated rings. The standard InChI is InChI=1S/C18H36N2/c1-13-7-6-10-20(14(13)2)17-11-16(18(3,4)5)9-8-15(17)12-19/h13-17H,6-12,19H2,1-5H3. The van der Waals surface area contributed by atoms with Gasteiger partial charge in [-0.25, -0.2) is 0 Å². The van der Waals surface area contributed by atoms with Gasteiger partial charge in [-0.2, -0.15) is 0 Å². The minimum Gasteiger partial charge on any atom is -0.330 e. The van der Waals surface area contributed by atoms with Crippen molar-refractivity contribution in [2.75, 3.05) is 13.1 Å². The maximum Gasteiger partial charge on any atom is 0.0141 e. The quantitative estimate of drug-likeness (QED) is 0.831. The minimum absolute atomic E-state index is 0.447. The van der Waals surface area contributed by atoms with Crippen LogP contribution in [0.25, 0.3) is 0 Å². The van der Waals surface area contributed by atoms with Gasteiger partial charge in [0, 0.05) is 12.1 Å². The van der Waals surface area contributed by atoms with E-state index in [9.17, 15) is 0 Å². The Labute approximate surface area is 126 Å². The molecule has 0 spiro atoms. The highest BCUT2D eigenvalue weighted by Gasteiger charge is 2.40. The molecule has 2 nitrogen and oxygen atoms in total. The number of hydrogen-bond donors (Lipinski definition) is 1. The lowest BCUT2D eigenvalue weighted by Gasteiger charge is -2.50. The summed E-state index contributed by atoms with van der Waals surface area (Å²) in [5.41, 5.74) is 6.56. The Morgan fingerprint density at radius 1 is 1.10 bits per heavy atom. The summed E-state index contributed by atoms with van der Waals surface area (Å²) in [7, 11) is 0. The Morgan fingerprint density at radius 3 is 2.40 bits per heavy atom. The highest BCUT2D eigenvalue weighted by molar-refractivity contribution is 4.94. The van der Waals surface area contributed by atoms with Gasteiger partial charge in [0.1, 0.15) is 0 Å². The fraction of sp³-hybridized carbons (Fsp3) is 1.00. The average Bonchev–Trinajstić information content (AvgIpc) is 2.40. The number of piperidine rings is 1. The maximum absolute atomic E-state index is 6.11. The monoisotopic (exact) mass is 280 g/mol. The third-order valence-electron chi connectivity index (χ3n) is 6.33. The van der Waals surface area contributed by atoms with E-state index in [0.717, 1.165) is 36.4 Å². The van der Waals surface area contributed by atoms with E-state index in [1.807, 2.05) is 0 Å². The SMILES string of the molecule is CC1CCCN(C2CC(C(C)(C)C)CCC2CN)C1C. The highest BCUT2D eigenvalue weighted by Crippen LogP contribution is 2.43. The Hall–Kier alpha value is -0.0800. The summed E-state index contributed by atoms with van der Waals surface area (Å²) in [5, 5.41) is 0. The Bertz CT molecular complexity index is 307. The van der Waals surface area contributed by atoms with Crippen LogP contribution in [0.3, 0.4) is 0 Å². The van der Waals surface area contributed by atoms with Crippen molar-refractivity contribution in [2.45, 2.75) is 78.8 Å². The van der Waals surface area contributed by atoms with Crippen LogP contribution in [0.15, 0.2) is 0 Å². The maximum atomic E-state index is 6.11. The van der Waals surface area contributed by atoms with Gasteiger partial charge in [-0.05, 0) is 75.3 Å². The van der Waals surface area contributed by atoms with Crippen molar-refractivity contribution in [1.29, 1.82) is 0 Å². The van der Waals surface area contributed by atoms with Crippen molar-refractivity contribution < 1.29 is 0 Å². The van der Waals surface area contributed by atoms with Crippen LogP contribution in [0.5, 0.6) is 0 Å². The molecule has 0 amide bonds. The highest BCUT2D eigenvalue weighted by atomic mass is 15.2. The van der Waals surface area contributed by atoms with Crippen molar-refractivity contribution in [3.05, 3.63) is 0 Å². The van der Waals surface area contributed by atoms with E-state index < -0.39 is 0 Å². The smallest absolute Gasteiger partial charge is 0.0141 e. The summed E-state index contributed by atoms with van der Waals surface area (Å²) in [6.45, 7) is 14.3. The molecule has 5 unspecified atom stereocenters. The largest absolute Gasteiger partial charge is 0.330 e. The van der Waals surface area contributed by atoms with Crippen LogP contribution in [-0.4, -0.2) is 30.1 Å². The van der Waals surface area contributed by atoms with Crippen LogP contribution in [-0.2, 0) is 0 Å². The van der Waals surface area contributed by atoms with E-state index >= 15 is 0 Å². The molecule has 2 heteroatoms. The average molecular weight is 280 g/mol. The van der Waals surface area contributed by atoms with Crippen LogP contribution in [0, 0.1) is 23.2 Å². The van der Waals surface area contributed by atoms with E-state index in [2.05, 4.69) is 39.5 Å². The second-order valence-electron chi connectivity index (χ2n) is 8.54. The number of hydrogen-bond acceptors (Lipinski definition) is 2. The molecule has 0 aromatic rings. The summed E-state index contributed by atoms with van der Waals surface area (Å²) in [5.74, 6) is 2.43. The summed E-state index contributed by atoms with van der Waals surface area (Å²) < 4.78 is 0. The fourth-order valence-corrected chi connectivity index (χ4v) is 4.51. The van der Waals surface area contributed by atoms with E-state index in [0.29, 0.717) is 5.41 Å². The molecule has 0 aromatic heterocycles. The van der Waals surface area contributed by atoms with Crippen molar-refractivity contribution >= 4 is 0 Å². The molecule has 1 aliphatic heterocycles. The van der Waals surface area contributed by atoms with Gasteiger partial charge in [0.2, 0.25) is 0 Å². The molecule has 1 aliphatic carbocycles. The normalized spacial score (nSPS) is 40.8. The molecule has 5 atom stereocenters. The number of nitrogens with two attached hydrogens (primary N) is 1. The van der Waals surface area contributed by atoms with Crippen molar-refractivity contribution in [1.82, 2.24) is 4.90 Å². The van der Waals surface area contributed by atoms with Gasteiger partial charge in [0.05, 0.1) is 0 Å². The summed E-state index contributed by atoms with van der Waals surface area (Å²) in [6.07, 6.45) is 6.85. The molecular weight excluding hydrogens is 244 g/mol. The van der Waals surface area contributed by atoms with Crippen molar-refractivity contribution in [2.24, 2.45) is 28.9 Å². The van der Waals surface area contributed by atoms with Gasteiger partial charge >= 0.3 is 0 Å². The Balaban J connectivity index is 2.12. The summed E-state index contributed by atoms with van der Waals surface area (Å²) >= 11 is 0. The first-order chi connectivity index (χ1) is 9.34. The number of likely N-dealkylation sites (tertiary alicyclic amines) is 1. The molecule has 2 rings (SSSR count). The molecule has 0 radical (unpaired) electrons. The van der Waals surface area contributed by atoms with Gasteiger partial charge in [0.15, 0.2) is 0 Å². The molecule has 2 N–H and O–H groups in total.